The number of carbonyl (C=O) groups is 1. The summed E-state index contributed by atoms with van der Waals surface area (Å²) in [7, 11) is -1.78. The van der Waals surface area contributed by atoms with Crippen LogP contribution in [0.1, 0.15) is 5.56 Å². The first-order valence-corrected chi connectivity index (χ1v) is 6.33. The van der Waals surface area contributed by atoms with Crippen molar-refractivity contribution in [1.29, 1.82) is 0 Å². The van der Waals surface area contributed by atoms with Crippen LogP contribution in [0.3, 0.4) is 0 Å². The number of hydrogen-bond donors (Lipinski definition) is 2. The molecule has 0 saturated heterocycles. The van der Waals surface area contributed by atoms with Crippen molar-refractivity contribution >= 4 is 13.9 Å². The van der Waals surface area contributed by atoms with Crippen molar-refractivity contribution in [3.8, 4) is 0 Å². The van der Waals surface area contributed by atoms with Crippen LogP contribution in [0.2, 0.25) is 0 Å². The van der Waals surface area contributed by atoms with E-state index >= 15 is 0 Å². The Labute approximate surface area is 94.2 Å². The van der Waals surface area contributed by atoms with Gasteiger partial charge in [0.05, 0.1) is 0 Å². The highest BCUT2D eigenvalue weighted by Gasteiger charge is 2.14. The Bertz CT molecular complexity index is 355. The summed E-state index contributed by atoms with van der Waals surface area (Å²) in [6.45, 7) is 0.169. The molecule has 0 aliphatic heterocycles. The van der Waals surface area contributed by atoms with E-state index in [0.29, 0.717) is 0 Å². The molecule has 5 nitrogen and oxygen atoms in total. The Balaban J connectivity index is 2.23. The molecule has 0 heterocycles. The van der Waals surface area contributed by atoms with Crippen LogP contribution < -0.4 is 5.32 Å². The third-order valence-electron chi connectivity index (χ3n) is 1.77. The van der Waals surface area contributed by atoms with E-state index in [1.54, 1.807) is 0 Å². The van der Waals surface area contributed by atoms with E-state index in [1.165, 1.54) is 0 Å². The lowest BCUT2D eigenvalue weighted by Gasteiger charge is -2.03. The molecule has 0 radical (unpaired) electrons. The number of aliphatic hydroxyl groups excluding tert-OH is 1. The van der Waals surface area contributed by atoms with Gasteiger partial charge in [-0.2, -0.15) is 0 Å². The zero-order valence-corrected chi connectivity index (χ0v) is 9.52. The zero-order valence-electron chi connectivity index (χ0n) is 8.63. The van der Waals surface area contributed by atoms with Crippen molar-refractivity contribution < 1.29 is 19.2 Å². The van der Waals surface area contributed by atoms with Crippen LogP contribution >= 0.6 is 7.80 Å². The first-order valence-electron chi connectivity index (χ1n) is 4.70. The average Bonchev–Trinajstić information content (AvgIpc) is 2.34. The molecule has 0 saturated carbocycles. The van der Waals surface area contributed by atoms with Crippen LogP contribution in [0.15, 0.2) is 30.3 Å². The fourth-order valence-electron chi connectivity index (χ4n) is 0.977. The maximum atomic E-state index is 11.1. The van der Waals surface area contributed by atoms with Gasteiger partial charge in [0.25, 0.3) is 0 Å². The number of nitrogens with one attached hydrogen (secondary N) is 1. The van der Waals surface area contributed by atoms with Gasteiger partial charge in [-0.05, 0) is 5.56 Å². The van der Waals surface area contributed by atoms with Crippen molar-refractivity contribution in [2.75, 3.05) is 12.6 Å². The summed E-state index contributed by atoms with van der Waals surface area (Å²) in [6.07, 6.45) is -1.14. The number of amides is 1. The molecule has 0 fully saturated rings. The SMILES string of the molecule is O=C(NC[P+](=O)CO)OCc1ccccc1. The smallest absolute Gasteiger partial charge is 0.410 e. The molecule has 86 valence electrons. The van der Waals surface area contributed by atoms with Crippen LogP contribution in [0.25, 0.3) is 0 Å². The molecule has 0 spiro atoms. The fourth-order valence-corrected chi connectivity index (χ4v) is 1.38. The zero-order chi connectivity index (χ0) is 11.8. The fraction of sp³-hybridized carbons (Fsp3) is 0.300. The normalized spacial score (nSPS) is 10.7. The summed E-state index contributed by atoms with van der Waals surface area (Å²) >= 11 is 0. The van der Waals surface area contributed by atoms with E-state index in [1.807, 2.05) is 30.3 Å². The van der Waals surface area contributed by atoms with Gasteiger partial charge in [0.15, 0.2) is 0 Å². The Morgan fingerprint density at radius 1 is 1.38 bits per heavy atom. The van der Waals surface area contributed by atoms with Gasteiger partial charge in [-0.3, -0.25) is 5.32 Å². The summed E-state index contributed by atoms with van der Waals surface area (Å²) in [5.74, 6) is 0. The molecule has 1 amide bonds. The third-order valence-corrected chi connectivity index (χ3v) is 2.60. The van der Waals surface area contributed by atoms with Gasteiger partial charge in [-0.25, -0.2) is 4.79 Å². The number of alkyl carbamates (subject to hydrolysis) is 1. The molecule has 2 N–H and O–H groups in total. The van der Waals surface area contributed by atoms with Gasteiger partial charge in [0, 0.05) is 0 Å². The minimum Gasteiger partial charge on any atom is -0.445 e. The molecule has 1 rings (SSSR count). The molecule has 0 bridgehead atoms. The van der Waals surface area contributed by atoms with Crippen molar-refractivity contribution in [2.24, 2.45) is 0 Å². The molecule has 1 aromatic rings. The topological polar surface area (TPSA) is 75.6 Å². The van der Waals surface area contributed by atoms with Crippen molar-refractivity contribution in [3.05, 3.63) is 35.9 Å². The molecule has 1 aromatic carbocycles. The third kappa shape index (κ3) is 4.87. The average molecular weight is 242 g/mol. The summed E-state index contributed by atoms with van der Waals surface area (Å²) in [6, 6.07) is 9.23. The largest absolute Gasteiger partial charge is 0.445 e. The maximum Gasteiger partial charge on any atom is 0.410 e. The second-order valence-electron chi connectivity index (χ2n) is 3.02. The van der Waals surface area contributed by atoms with E-state index in [0.717, 1.165) is 5.56 Å². The van der Waals surface area contributed by atoms with Crippen LogP contribution in [0.4, 0.5) is 4.79 Å². The van der Waals surface area contributed by atoms with Gasteiger partial charge in [0.2, 0.25) is 12.6 Å². The second kappa shape index (κ2) is 6.93. The van der Waals surface area contributed by atoms with Crippen LogP contribution in [-0.2, 0) is 15.9 Å². The molecular weight excluding hydrogens is 229 g/mol. The molecule has 1 unspecified atom stereocenters. The minimum atomic E-state index is -1.78. The number of hydrogen-bond acceptors (Lipinski definition) is 4. The highest BCUT2D eigenvalue weighted by Crippen LogP contribution is 2.14. The molecular formula is C10H13NO4P+. The number of ether oxygens (including phenoxy) is 1. The predicted molar refractivity (Wildman–Crippen MR) is 59.3 cm³/mol. The van der Waals surface area contributed by atoms with E-state index in [9.17, 15) is 9.36 Å². The molecule has 6 heteroatoms. The number of rotatable bonds is 5. The van der Waals surface area contributed by atoms with E-state index in [4.69, 9.17) is 9.84 Å². The standard InChI is InChI=1S/C10H12NO4P/c12-8-16(14)7-11-10(13)15-6-9-4-2-1-3-5-9/h1-5,12H,6-8H2/p+1. The molecule has 1 atom stereocenters. The summed E-state index contributed by atoms with van der Waals surface area (Å²) in [5.41, 5.74) is 0.879. The summed E-state index contributed by atoms with van der Waals surface area (Å²) < 4.78 is 15.7. The van der Waals surface area contributed by atoms with Gasteiger partial charge in [-0.1, -0.05) is 34.9 Å². The van der Waals surface area contributed by atoms with E-state index < -0.39 is 20.2 Å². The highest BCUT2D eigenvalue weighted by molar-refractivity contribution is 7.44. The van der Waals surface area contributed by atoms with E-state index in [2.05, 4.69) is 5.32 Å². The molecule has 0 aliphatic rings. The summed E-state index contributed by atoms with van der Waals surface area (Å²) in [4.78, 5) is 11.1. The number of aliphatic hydroxyl groups is 1. The van der Waals surface area contributed by atoms with Gasteiger partial charge in [0.1, 0.15) is 6.61 Å². The van der Waals surface area contributed by atoms with E-state index in [-0.39, 0.29) is 12.9 Å². The van der Waals surface area contributed by atoms with Gasteiger partial charge < -0.3 is 9.84 Å². The van der Waals surface area contributed by atoms with Crippen molar-refractivity contribution in [1.82, 2.24) is 5.32 Å². The predicted octanol–water partition coefficient (Wildman–Crippen LogP) is 1.65. The van der Waals surface area contributed by atoms with Gasteiger partial charge >= 0.3 is 13.9 Å². The molecule has 0 aromatic heterocycles. The van der Waals surface area contributed by atoms with Crippen molar-refractivity contribution in [3.63, 3.8) is 0 Å². The highest BCUT2D eigenvalue weighted by atomic mass is 31.1. The van der Waals surface area contributed by atoms with Crippen LogP contribution in [0.5, 0.6) is 0 Å². The lowest BCUT2D eigenvalue weighted by Crippen LogP contribution is -2.23. The first-order chi connectivity index (χ1) is 7.72. The Kier molecular flexibility index (Phi) is 5.46. The van der Waals surface area contributed by atoms with Crippen molar-refractivity contribution in [2.45, 2.75) is 6.61 Å². The molecule has 16 heavy (non-hydrogen) atoms. The number of carbonyl (C=O) groups excluding carboxylic acids is 1. The lowest BCUT2D eigenvalue weighted by atomic mass is 10.2. The first kappa shape index (κ1) is 12.6. The maximum absolute atomic E-state index is 11.1. The Hall–Kier alpha value is -1.45. The monoisotopic (exact) mass is 242 g/mol. The Morgan fingerprint density at radius 2 is 2.06 bits per heavy atom. The minimum absolute atomic E-state index is 0.0700. The lowest BCUT2D eigenvalue weighted by molar-refractivity contribution is 0.141. The van der Waals surface area contributed by atoms with Gasteiger partial charge in [-0.15, -0.1) is 0 Å². The summed E-state index contributed by atoms with van der Waals surface area (Å²) in [5, 5.41) is 10.8. The molecule has 0 aliphatic carbocycles. The van der Waals surface area contributed by atoms with Crippen LogP contribution in [-0.4, -0.2) is 23.8 Å². The quantitative estimate of drug-likeness (QED) is 0.770. The number of benzene rings is 1. The van der Waals surface area contributed by atoms with Crippen LogP contribution in [0, 0.1) is 0 Å². The second-order valence-corrected chi connectivity index (χ2v) is 4.58. The Morgan fingerprint density at radius 3 is 2.69 bits per heavy atom.